The molecule has 0 bridgehead atoms. The Hall–Kier alpha value is -1.87. The largest absolute Gasteiger partial charge is 0.343 e. The molecular formula is C17H22N2O3S. The van der Waals surface area contributed by atoms with Gasteiger partial charge in [0.15, 0.2) is 9.84 Å². The van der Waals surface area contributed by atoms with Gasteiger partial charge in [-0.15, -0.1) is 0 Å². The Kier molecular flexibility index (Phi) is 5.78. The molecule has 2 atom stereocenters. The monoisotopic (exact) mass is 334 g/mol. The van der Waals surface area contributed by atoms with Crippen molar-refractivity contribution in [2.24, 2.45) is 11.8 Å². The standard InChI is InChI=1S/C17H22N2O3S/c1-13-6-8-15(9-7-13)23(21,22)12-14-4-2-3-5-16(14)17(20)19-11-10-18/h6-9,14,16H,2-5,11-12H2,1H3,(H,19,20)/t14-,16+/m1/s1. The molecule has 1 aromatic carbocycles. The van der Waals surface area contributed by atoms with Crippen LogP contribution in [0.1, 0.15) is 31.2 Å². The molecule has 6 heteroatoms. The summed E-state index contributed by atoms with van der Waals surface area (Å²) in [4.78, 5) is 12.5. The lowest BCUT2D eigenvalue weighted by molar-refractivity contribution is -0.127. The highest BCUT2D eigenvalue weighted by atomic mass is 32.2. The molecule has 1 aliphatic carbocycles. The van der Waals surface area contributed by atoms with E-state index < -0.39 is 9.84 Å². The Labute approximate surface area is 137 Å². The number of nitriles is 1. The third kappa shape index (κ3) is 4.55. The van der Waals surface area contributed by atoms with E-state index in [1.165, 1.54) is 0 Å². The van der Waals surface area contributed by atoms with Crippen molar-refractivity contribution in [1.29, 1.82) is 5.26 Å². The second kappa shape index (κ2) is 7.60. The quantitative estimate of drug-likeness (QED) is 0.836. The first-order valence-corrected chi connectivity index (χ1v) is 9.53. The van der Waals surface area contributed by atoms with Crippen LogP contribution in [0.4, 0.5) is 0 Å². The lowest BCUT2D eigenvalue weighted by Crippen LogP contribution is -2.39. The lowest BCUT2D eigenvalue weighted by Gasteiger charge is -2.30. The smallest absolute Gasteiger partial charge is 0.224 e. The molecule has 2 rings (SSSR count). The molecule has 0 heterocycles. The fourth-order valence-corrected chi connectivity index (χ4v) is 4.84. The highest BCUT2D eigenvalue weighted by molar-refractivity contribution is 7.91. The highest BCUT2D eigenvalue weighted by Gasteiger charge is 2.34. The van der Waals surface area contributed by atoms with Gasteiger partial charge in [0, 0.05) is 5.92 Å². The zero-order valence-electron chi connectivity index (χ0n) is 13.3. The van der Waals surface area contributed by atoms with E-state index >= 15 is 0 Å². The van der Waals surface area contributed by atoms with Crippen molar-refractivity contribution < 1.29 is 13.2 Å². The van der Waals surface area contributed by atoms with Crippen molar-refractivity contribution in [3.63, 3.8) is 0 Å². The van der Waals surface area contributed by atoms with Crippen LogP contribution in [-0.4, -0.2) is 26.6 Å². The Balaban J connectivity index is 2.13. The average Bonchev–Trinajstić information content (AvgIpc) is 2.53. The maximum atomic E-state index is 12.6. The molecule has 0 aliphatic heterocycles. The minimum atomic E-state index is -3.41. The van der Waals surface area contributed by atoms with E-state index in [9.17, 15) is 13.2 Å². The summed E-state index contributed by atoms with van der Waals surface area (Å²) in [6.45, 7) is 1.87. The number of carbonyl (C=O) groups excluding carboxylic acids is 1. The first-order chi connectivity index (χ1) is 10.9. The zero-order valence-corrected chi connectivity index (χ0v) is 14.1. The van der Waals surface area contributed by atoms with E-state index in [1.54, 1.807) is 24.3 Å². The molecule has 1 amide bonds. The molecule has 0 saturated heterocycles. The summed E-state index contributed by atoms with van der Waals surface area (Å²) in [5.41, 5.74) is 1.01. The molecule has 0 spiro atoms. The molecule has 1 N–H and O–H groups in total. The van der Waals surface area contributed by atoms with Gasteiger partial charge in [0.25, 0.3) is 0 Å². The predicted molar refractivity (Wildman–Crippen MR) is 87.3 cm³/mol. The summed E-state index contributed by atoms with van der Waals surface area (Å²) in [7, 11) is -3.41. The lowest BCUT2D eigenvalue weighted by atomic mass is 9.80. The molecule has 1 saturated carbocycles. The Morgan fingerprint density at radius 3 is 2.57 bits per heavy atom. The summed E-state index contributed by atoms with van der Waals surface area (Å²) >= 11 is 0. The first-order valence-electron chi connectivity index (χ1n) is 7.88. The summed E-state index contributed by atoms with van der Waals surface area (Å²) in [5.74, 6) is -0.720. The molecule has 5 nitrogen and oxygen atoms in total. The van der Waals surface area contributed by atoms with E-state index in [0.29, 0.717) is 11.3 Å². The van der Waals surface area contributed by atoms with Crippen LogP contribution in [0, 0.1) is 30.1 Å². The fourth-order valence-electron chi connectivity index (χ4n) is 3.13. The molecule has 1 aliphatic rings. The minimum Gasteiger partial charge on any atom is -0.343 e. The molecule has 0 aromatic heterocycles. The molecule has 0 unspecified atom stereocenters. The number of hydrogen-bond acceptors (Lipinski definition) is 4. The Morgan fingerprint density at radius 1 is 1.26 bits per heavy atom. The number of sulfone groups is 1. The first kappa shape index (κ1) is 17.5. The van der Waals surface area contributed by atoms with Gasteiger partial charge in [-0.3, -0.25) is 4.79 Å². The van der Waals surface area contributed by atoms with Crippen LogP contribution < -0.4 is 5.32 Å². The summed E-state index contributed by atoms with van der Waals surface area (Å²) in [5, 5.41) is 11.1. The van der Waals surface area contributed by atoms with Gasteiger partial charge in [-0.05, 0) is 37.8 Å². The van der Waals surface area contributed by atoms with E-state index in [-0.39, 0.29) is 30.0 Å². The topological polar surface area (TPSA) is 87.0 Å². The van der Waals surface area contributed by atoms with E-state index in [0.717, 1.165) is 24.8 Å². The van der Waals surface area contributed by atoms with Crippen molar-refractivity contribution in [2.45, 2.75) is 37.5 Å². The van der Waals surface area contributed by atoms with Gasteiger partial charge in [0.05, 0.1) is 16.7 Å². The third-order valence-electron chi connectivity index (χ3n) is 4.40. The van der Waals surface area contributed by atoms with Gasteiger partial charge in [-0.1, -0.05) is 30.5 Å². The maximum absolute atomic E-state index is 12.6. The number of rotatable bonds is 5. The maximum Gasteiger partial charge on any atom is 0.224 e. The van der Waals surface area contributed by atoms with Crippen LogP contribution in [0.15, 0.2) is 29.2 Å². The van der Waals surface area contributed by atoms with Crippen LogP contribution in [0.25, 0.3) is 0 Å². The van der Waals surface area contributed by atoms with Crippen molar-refractivity contribution in [3.05, 3.63) is 29.8 Å². The number of benzene rings is 1. The summed E-state index contributed by atoms with van der Waals surface area (Å²) < 4.78 is 25.2. The number of aryl methyl sites for hydroxylation is 1. The predicted octanol–water partition coefficient (Wildman–Crippen LogP) is 2.21. The van der Waals surface area contributed by atoms with Gasteiger partial charge in [0.1, 0.15) is 6.54 Å². The average molecular weight is 334 g/mol. The van der Waals surface area contributed by atoms with E-state index in [4.69, 9.17) is 5.26 Å². The molecule has 1 aromatic rings. The Morgan fingerprint density at radius 2 is 1.91 bits per heavy atom. The van der Waals surface area contributed by atoms with Crippen LogP contribution in [0.5, 0.6) is 0 Å². The van der Waals surface area contributed by atoms with Crippen molar-refractivity contribution in [1.82, 2.24) is 5.32 Å². The van der Waals surface area contributed by atoms with Gasteiger partial charge in [-0.25, -0.2) is 8.42 Å². The van der Waals surface area contributed by atoms with Crippen molar-refractivity contribution in [3.8, 4) is 6.07 Å². The number of hydrogen-bond donors (Lipinski definition) is 1. The normalized spacial score (nSPS) is 21.4. The zero-order chi connectivity index (χ0) is 16.9. The molecule has 0 radical (unpaired) electrons. The fraction of sp³-hybridized carbons (Fsp3) is 0.529. The number of nitrogens with zero attached hydrogens (tertiary/aromatic N) is 1. The molecule has 1 fully saturated rings. The number of amides is 1. The van der Waals surface area contributed by atoms with Crippen molar-refractivity contribution in [2.75, 3.05) is 12.3 Å². The summed E-state index contributed by atoms with van der Waals surface area (Å²) in [6, 6.07) is 8.69. The van der Waals surface area contributed by atoms with Crippen LogP contribution in [0.2, 0.25) is 0 Å². The number of carbonyl (C=O) groups is 1. The van der Waals surface area contributed by atoms with Crippen LogP contribution in [0.3, 0.4) is 0 Å². The molecule has 124 valence electrons. The van der Waals surface area contributed by atoms with Crippen molar-refractivity contribution >= 4 is 15.7 Å². The molecular weight excluding hydrogens is 312 g/mol. The summed E-state index contributed by atoms with van der Waals surface area (Å²) in [6.07, 6.45) is 3.28. The second-order valence-electron chi connectivity index (χ2n) is 6.12. The molecule has 23 heavy (non-hydrogen) atoms. The van der Waals surface area contributed by atoms with Gasteiger partial charge in [-0.2, -0.15) is 5.26 Å². The minimum absolute atomic E-state index is 0.0132. The van der Waals surface area contributed by atoms with E-state index in [1.807, 2.05) is 13.0 Å². The van der Waals surface area contributed by atoms with Gasteiger partial charge in [0.2, 0.25) is 5.91 Å². The van der Waals surface area contributed by atoms with E-state index in [2.05, 4.69) is 5.32 Å². The Bertz CT molecular complexity index is 690. The second-order valence-corrected chi connectivity index (χ2v) is 8.16. The SMILES string of the molecule is Cc1ccc(S(=O)(=O)C[C@H]2CCCC[C@@H]2C(=O)NCC#N)cc1. The van der Waals surface area contributed by atoms with Crippen LogP contribution in [-0.2, 0) is 14.6 Å². The van der Waals surface area contributed by atoms with Crippen LogP contribution >= 0.6 is 0 Å². The number of nitrogens with one attached hydrogen (secondary N) is 1. The van der Waals surface area contributed by atoms with Gasteiger partial charge >= 0.3 is 0 Å². The highest BCUT2D eigenvalue weighted by Crippen LogP contribution is 2.32. The third-order valence-corrected chi connectivity index (χ3v) is 6.26. The van der Waals surface area contributed by atoms with Gasteiger partial charge < -0.3 is 5.32 Å².